The number of nitrogens with one attached hydrogen (secondary N) is 1. The number of hydrogen-bond donors (Lipinski definition) is 1. The molecule has 0 spiro atoms. The average molecular weight is 263 g/mol. The van der Waals surface area contributed by atoms with Gasteiger partial charge in [-0.2, -0.15) is 0 Å². The van der Waals surface area contributed by atoms with E-state index < -0.39 is 0 Å². The smallest absolute Gasteiger partial charge is 0.165 e. The van der Waals surface area contributed by atoms with Crippen molar-refractivity contribution in [3.63, 3.8) is 0 Å². The number of hydrogen-bond acceptors (Lipinski definition) is 3. The zero-order valence-corrected chi connectivity index (χ0v) is 12.1. The van der Waals surface area contributed by atoms with E-state index in [2.05, 4.69) is 11.4 Å². The molecule has 0 atom stereocenters. The number of rotatable bonds is 9. The lowest BCUT2D eigenvalue weighted by atomic mass is 10.1. The third-order valence-electron chi connectivity index (χ3n) is 3.54. The highest BCUT2D eigenvalue weighted by atomic mass is 16.5. The molecule has 3 heteroatoms. The first kappa shape index (κ1) is 14.2. The summed E-state index contributed by atoms with van der Waals surface area (Å²) >= 11 is 0. The van der Waals surface area contributed by atoms with Gasteiger partial charge in [-0.25, -0.2) is 0 Å². The Morgan fingerprint density at radius 1 is 1.32 bits per heavy atom. The van der Waals surface area contributed by atoms with Gasteiger partial charge in [0.15, 0.2) is 11.5 Å². The van der Waals surface area contributed by atoms with Gasteiger partial charge in [-0.1, -0.05) is 25.0 Å². The molecule has 0 bridgehead atoms. The monoisotopic (exact) mass is 263 g/mol. The molecule has 0 aliphatic heterocycles. The highest BCUT2D eigenvalue weighted by molar-refractivity contribution is 5.46. The highest BCUT2D eigenvalue weighted by Crippen LogP contribution is 2.33. The molecule has 0 heterocycles. The van der Waals surface area contributed by atoms with E-state index in [1.54, 1.807) is 7.11 Å². The van der Waals surface area contributed by atoms with Crippen LogP contribution in [0.15, 0.2) is 18.2 Å². The molecular formula is C16H25NO2. The van der Waals surface area contributed by atoms with Crippen LogP contribution in [0.3, 0.4) is 0 Å². The van der Waals surface area contributed by atoms with E-state index in [1.807, 2.05) is 19.1 Å². The summed E-state index contributed by atoms with van der Waals surface area (Å²) in [6.07, 6.45) is 5.55. The van der Waals surface area contributed by atoms with Crippen molar-refractivity contribution in [2.45, 2.75) is 39.2 Å². The quantitative estimate of drug-likeness (QED) is 0.693. The van der Waals surface area contributed by atoms with E-state index in [0.29, 0.717) is 6.61 Å². The van der Waals surface area contributed by atoms with Crippen molar-refractivity contribution in [1.29, 1.82) is 0 Å². The lowest BCUT2D eigenvalue weighted by Gasteiger charge is -2.14. The molecule has 1 aromatic rings. The van der Waals surface area contributed by atoms with Crippen LogP contribution in [0.25, 0.3) is 0 Å². The van der Waals surface area contributed by atoms with Gasteiger partial charge in [0, 0.05) is 12.1 Å². The van der Waals surface area contributed by atoms with Gasteiger partial charge in [0.1, 0.15) is 0 Å². The van der Waals surface area contributed by atoms with Crippen LogP contribution in [0.2, 0.25) is 0 Å². The summed E-state index contributed by atoms with van der Waals surface area (Å²) in [4.78, 5) is 0. The first-order valence-electron chi connectivity index (χ1n) is 7.34. The highest BCUT2D eigenvalue weighted by Gasteiger charge is 2.19. The first-order valence-corrected chi connectivity index (χ1v) is 7.34. The molecule has 1 fully saturated rings. The van der Waals surface area contributed by atoms with E-state index in [1.165, 1.54) is 31.2 Å². The van der Waals surface area contributed by atoms with Gasteiger partial charge in [-0.3, -0.25) is 0 Å². The summed E-state index contributed by atoms with van der Waals surface area (Å²) in [6.45, 7) is 4.57. The third kappa shape index (κ3) is 4.43. The molecular weight excluding hydrogens is 238 g/mol. The first-order chi connectivity index (χ1) is 9.35. The van der Waals surface area contributed by atoms with Crippen LogP contribution in [-0.2, 0) is 6.54 Å². The Morgan fingerprint density at radius 3 is 2.84 bits per heavy atom. The lowest BCUT2D eigenvalue weighted by Crippen LogP contribution is -2.15. The summed E-state index contributed by atoms with van der Waals surface area (Å²) in [5, 5.41) is 3.49. The second-order valence-corrected chi connectivity index (χ2v) is 5.14. The van der Waals surface area contributed by atoms with Gasteiger partial charge >= 0.3 is 0 Å². The summed E-state index contributed by atoms with van der Waals surface area (Å²) in [6, 6.07) is 6.07. The second kappa shape index (κ2) is 7.39. The Bertz CT molecular complexity index is 388. The number of methoxy groups -OCH3 is 1. The minimum Gasteiger partial charge on any atom is -0.493 e. The Labute approximate surface area is 116 Å². The van der Waals surface area contributed by atoms with Gasteiger partial charge < -0.3 is 14.8 Å². The summed E-state index contributed by atoms with van der Waals surface area (Å²) in [7, 11) is 1.70. The van der Waals surface area contributed by atoms with Crippen molar-refractivity contribution < 1.29 is 9.47 Å². The normalized spacial score (nSPS) is 14.4. The molecule has 1 N–H and O–H groups in total. The van der Waals surface area contributed by atoms with E-state index in [9.17, 15) is 0 Å². The third-order valence-corrected chi connectivity index (χ3v) is 3.54. The van der Waals surface area contributed by atoms with E-state index in [-0.39, 0.29) is 0 Å². The van der Waals surface area contributed by atoms with E-state index >= 15 is 0 Å². The minimum absolute atomic E-state index is 0.661. The molecule has 106 valence electrons. The molecule has 0 radical (unpaired) electrons. The fourth-order valence-electron chi connectivity index (χ4n) is 2.35. The predicted octanol–water partition coefficient (Wildman–Crippen LogP) is 3.37. The molecule has 1 aliphatic rings. The Morgan fingerprint density at radius 2 is 2.16 bits per heavy atom. The fraction of sp³-hybridized carbons (Fsp3) is 0.625. The molecule has 0 amide bonds. The van der Waals surface area contributed by atoms with Gasteiger partial charge in [0.2, 0.25) is 0 Å². The zero-order chi connectivity index (χ0) is 13.5. The summed E-state index contributed by atoms with van der Waals surface area (Å²) < 4.78 is 11.1. The molecule has 1 aromatic carbocycles. The number of para-hydroxylation sites is 1. The van der Waals surface area contributed by atoms with Crippen molar-refractivity contribution in [1.82, 2.24) is 5.32 Å². The molecule has 0 aromatic heterocycles. The SMILES string of the molecule is CCOc1cccc(CNCCCC2CC2)c1OC. The van der Waals surface area contributed by atoms with Gasteiger partial charge in [0.25, 0.3) is 0 Å². The molecule has 1 saturated carbocycles. The second-order valence-electron chi connectivity index (χ2n) is 5.14. The van der Waals surface area contributed by atoms with Gasteiger partial charge in [-0.15, -0.1) is 0 Å². The van der Waals surface area contributed by atoms with E-state index in [0.717, 1.165) is 30.5 Å². The molecule has 0 saturated heterocycles. The molecule has 3 nitrogen and oxygen atoms in total. The van der Waals surface area contributed by atoms with Crippen LogP contribution in [0, 0.1) is 5.92 Å². The van der Waals surface area contributed by atoms with E-state index in [4.69, 9.17) is 9.47 Å². The Kier molecular flexibility index (Phi) is 5.52. The molecule has 2 rings (SSSR count). The standard InChI is InChI=1S/C16H25NO2/c1-3-19-15-8-4-7-14(16(15)18-2)12-17-11-5-6-13-9-10-13/h4,7-8,13,17H,3,5-6,9-12H2,1-2H3. The van der Waals surface area contributed by atoms with Crippen LogP contribution in [0.5, 0.6) is 11.5 Å². The molecule has 1 aliphatic carbocycles. The number of ether oxygens (including phenoxy) is 2. The largest absolute Gasteiger partial charge is 0.493 e. The predicted molar refractivity (Wildman–Crippen MR) is 77.8 cm³/mol. The lowest BCUT2D eigenvalue weighted by molar-refractivity contribution is 0.308. The van der Waals surface area contributed by atoms with Crippen molar-refractivity contribution in [2.75, 3.05) is 20.3 Å². The summed E-state index contributed by atoms with van der Waals surface area (Å²) in [5.41, 5.74) is 1.17. The van der Waals surface area contributed by atoms with Crippen LogP contribution in [0.1, 0.15) is 38.2 Å². The van der Waals surface area contributed by atoms with Crippen LogP contribution >= 0.6 is 0 Å². The van der Waals surface area contributed by atoms with Crippen molar-refractivity contribution in [2.24, 2.45) is 5.92 Å². The Hall–Kier alpha value is -1.22. The van der Waals surface area contributed by atoms with Gasteiger partial charge in [-0.05, 0) is 38.3 Å². The maximum Gasteiger partial charge on any atom is 0.165 e. The van der Waals surface area contributed by atoms with Crippen LogP contribution in [0.4, 0.5) is 0 Å². The molecule has 0 unspecified atom stereocenters. The zero-order valence-electron chi connectivity index (χ0n) is 12.1. The summed E-state index contributed by atoms with van der Waals surface area (Å²) in [5.74, 6) is 2.72. The minimum atomic E-state index is 0.661. The van der Waals surface area contributed by atoms with Crippen LogP contribution in [-0.4, -0.2) is 20.3 Å². The maximum absolute atomic E-state index is 5.58. The topological polar surface area (TPSA) is 30.5 Å². The molecule has 19 heavy (non-hydrogen) atoms. The fourth-order valence-corrected chi connectivity index (χ4v) is 2.35. The van der Waals surface area contributed by atoms with Gasteiger partial charge in [0.05, 0.1) is 13.7 Å². The van der Waals surface area contributed by atoms with Crippen molar-refractivity contribution >= 4 is 0 Å². The Balaban J connectivity index is 1.81. The maximum atomic E-state index is 5.58. The van der Waals surface area contributed by atoms with Crippen LogP contribution < -0.4 is 14.8 Å². The van der Waals surface area contributed by atoms with Crippen molar-refractivity contribution in [3.8, 4) is 11.5 Å². The average Bonchev–Trinajstić information content (AvgIpc) is 3.23. The number of benzene rings is 1. The van der Waals surface area contributed by atoms with Crippen molar-refractivity contribution in [3.05, 3.63) is 23.8 Å².